The Balaban J connectivity index is 1.53. The summed E-state index contributed by atoms with van der Waals surface area (Å²) in [5.41, 5.74) is 3.67. The molecule has 0 amide bonds. The van der Waals surface area contributed by atoms with E-state index in [1.807, 2.05) is 55.5 Å². The van der Waals surface area contributed by atoms with Gasteiger partial charge in [-0.1, -0.05) is 24.3 Å². The zero-order chi connectivity index (χ0) is 24.6. The topological polar surface area (TPSA) is 100 Å². The van der Waals surface area contributed by atoms with Gasteiger partial charge in [-0.05, 0) is 55.3 Å². The van der Waals surface area contributed by atoms with Crippen molar-refractivity contribution in [1.82, 2.24) is 24.2 Å². The Kier molecular flexibility index (Phi) is 5.29. The Morgan fingerprint density at radius 3 is 2.47 bits per heavy atom. The first-order valence-corrected chi connectivity index (χ1v) is 11.5. The number of hydrogen-bond acceptors (Lipinski definition) is 7. The monoisotopic (exact) mass is 478 g/mol. The molecule has 0 aliphatic carbocycles. The lowest BCUT2D eigenvalue weighted by atomic mass is 10.1. The van der Waals surface area contributed by atoms with Gasteiger partial charge in [-0.15, -0.1) is 0 Å². The van der Waals surface area contributed by atoms with Gasteiger partial charge in [0.15, 0.2) is 11.3 Å². The maximum atomic E-state index is 13.8. The van der Waals surface area contributed by atoms with E-state index in [-0.39, 0.29) is 5.56 Å². The second kappa shape index (κ2) is 8.77. The van der Waals surface area contributed by atoms with E-state index in [2.05, 4.69) is 5.10 Å². The first-order valence-electron chi connectivity index (χ1n) is 11.5. The largest absolute Gasteiger partial charge is 0.497 e. The van der Waals surface area contributed by atoms with Crippen LogP contribution in [0, 0.1) is 6.92 Å². The molecular formula is C27H22N6O3. The summed E-state index contributed by atoms with van der Waals surface area (Å²) in [5.74, 6) is 1.95. The van der Waals surface area contributed by atoms with E-state index in [1.54, 1.807) is 41.0 Å². The van der Waals surface area contributed by atoms with Crippen molar-refractivity contribution in [3.63, 3.8) is 0 Å². The molecule has 4 aromatic heterocycles. The van der Waals surface area contributed by atoms with E-state index >= 15 is 0 Å². The van der Waals surface area contributed by atoms with Crippen LogP contribution in [0.25, 0.3) is 33.2 Å². The number of furan rings is 1. The lowest BCUT2D eigenvalue weighted by Crippen LogP contribution is -2.25. The minimum absolute atomic E-state index is 0.174. The molecule has 0 N–H and O–H groups in total. The van der Waals surface area contributed by atoms with Crippen LogP contribution >= 0.6 is 0 Å². The number of ether oxygens (including phenoxy) is 1. The molecule has 0 saturated heterocycles. The Bertz CT molecular complexity index is 1800. The molecule has 4 heterocycles. The summed E-state index contributed by atoms with van der Waals surface area (Å²) < 4.78 is 13.9. The Labute approximate surface area is 205 Å². The summed E-state index contributed by atoms with van der Waals surface area (Å²) in [5, 5.41) is 4.96. The first kappa shape index (κ1) is 21.7. The van der Waals surface area contributed by atoms with E-state index in [0.29, 0.717) is 57.8 Å². The molecule has 178 valence electrons. The highest BCUT2D eigenvalue weighted by molar-refractivity contribution is 6.04. The Morgan fingerprint density at radius 2 is 1.75 bits per heavy atom. The fraction of sp³-hybridized carbons (Fsp3) is 0.148. The van der Waals surface area contributed by atoms with Crippen molar-refractivity contribution in [3.05, 3.63) is 94.4 Å². The highest BCUT2D eigenvalue weighted by atomic mass is 16.5. The van der Waals surface area contributed by atoms with Crippen molar-refractivity contribution in [2.45, 2.75) is 19.9 Å². The summed E-state index contributed by atoms with van der Waals surface area (Å²) in [6.45, 7) is 2.30. The van der Waals surface area contributed by atoms with E-state index in [4.69, 9.17) is 24.1 Å². The maximum Gasteiger partial charge on any atom is 0.265 e. The fourth-order valence-electron chi connectivity index (χ4n) is 4.30. The normalized spacial score (nSPS) is 11.8. The molecule has 9 heteroatoms. The van der Waals surface area contributed by atoms with Crippen LogP contribution in [-0.2, 0) is 13.0 Å². The molecule has 6 rings (SSSR count). The molecule has 0 bridgehead atoms. The average Bonchev–Trinajstić information content (AvgIpc) is 3.52. The summed E-state index contributed by atoms with van der Waals surface area (Å²) in [4.78, 5) is 28.2. The van der Waals surface area contributed by atoms with Crippen LogP contribution in [0.2, 0.25) is 0 Å². The molecule has 0 radical (unpaired) electrons. The number of fused-ring (bicyclic) bond motifs is 4. The van der Waals surface area contributed by atoms with E-state index in [9.17, 15) is 4.79 Å². The summed E-state index contributed by atoms with van der Waals surface area (Å²) >= 11 is 0. The molecule has 2 aromatic carbocycles. The van der Waals surface area contributed by atoms with Crippen molar-refractivity contribution in [1.29, 1.82) is 0 Å². The summed E-state index contributed by atoms with van der Waals surface area (Å²) in [6, 6.07) is 19.0. The smallest absolute Gasteiger partial charge is 0.265 e. The number of para-hydroxylation sites is 2. The van der Waals surface area contributed by atoms with Crippen molar-refractivity contribution in [2.24, 2.45) is 5.10 Å². The van der Waals surface area contributed by atoms with Gasteiger partial charge in [-0.2, -0.15) is 9.78 Å². The predicted molar refractivity (Wildman–Crippen MR) is 138 cm³/mol. The van der Waals surface area contributed by atoms with Crippen LogP contribution in [0.5, 0.6) is 5.75 Å². The molecular weight excluding hydrogens is 456 g/mol. The zero-order valence-electron chi connectivity index (χ0n) is 19.8. The molecule has 0 aliphatic heterocycles. The van der Waals surface area contributed by atoms with E-state index in [1.165, 1.54) is 0 Å². The van der Waals surface area contributed by atoms with Gasteiger partial charge < -0.3 is 9.15 Å². The lowest BCUT2D eigenvalue weighted by Gasteiger charge is -2.10. The van der Waals surface area contributed by atoms with Gasteiger partial charge in [-0.25, -0.2) is 15.0 Å². The van der Waals surface area contributed by atoms with Crippen LogP contribution in [0.4, 0.5) is 0 Å². The van der Waals surface area contributed by atoms with Crippen molar-refractivity contribution >= 4 is 39.4 Å². The minimum atomic E-state index is -0.174. The standard InChI is InChI=1S/C27H22N6O3/c1-17-29-25-23(27(34)32(17)14-13-18-9-11-19(35-2)12-10-18)24-26(31-22-8-4-3-7-21(22)30-24)33(25)28-16-20-6-5-15-36-20/h3-12,15-16H,13-14H2,1-2H3/b28-16-. The number of hydrogen-bond donors (Lipinski definition) is 0. The molecule has 0 unspecified atom stereocenters. The molecule has 9 nitrogen and oxygen atoms in total. The molecule has 6 aromatic rings. The third kappa shape index (κ3) is 3.70. The highest BCUT2D eigenvalue weighted by Crippen LogP contribution is 2.25. The zero-order valence-corrected chi connectivity index (χ0v) is 19.8. The second-order valence-electron chi connectivity index (χ2n) is 8.37. The number of aryl methyl sites for hydroxylation is 2. The van der Waals surface area contributed by atoms with Crippen molar-refractivity contribution in [3.8, 4) is 5.75 Å². The quantitative estimate of drug-likeness (QED) is 0.330. The van der Waals surface area contributed by atoms with Crippen molar-refractivity contribution < 1.29 is 9.15 Å². The van der Waals surface area contributed by atoms with Crippen LogP contribution in [-0.4, -0.2) is 37.5 Å². The number of benzene rings is 2. The second-order valence-corrected chi connectivity index (χ2v) is 8.37. The molecule has 0 saturated carbocycles. The average molecular weight is 479 g/mol. The minimum Gasteiger partial charge on any atom is -0.497 e. The molecule has 0 spiro atoms. The molecule has 36 heavy (non-hydrogen) atoms. The molecule has 0 atom stereocenters. The Morgan fingerprint density at radius 1 is 0.972 bits per heavy atom. The molecule has 0 fully saturated rings. The lowest BCUT2D eigenvalue weighted by molar-refractivity contribution is 0.414. The Hall–Kier alpha value is -4.79. The van der Waals surface area contributed by atoms with Gasteiger partial charge in [0.25, 0.3) is 5.56 Å². The van der Waals surface area contributed by atoms with Crippen LogP contribution in [0.1, 0.15) is 17.1 Å². The third-order valence-electron chi connectivity index (χ3n) is 6.16. The SMILES string of the molecule is COc1ccc(CCn2c(C)nc3c(c2=O)c2nc4ccccc4nc2n3/N=C\c2ccco2)cc1. The van der Waals surface area contributed by atoms with Crippen LogP contribution in [0.15, 0.2) is 81.2 Å². The van der Waals surface area contributed by atoms with Crippen molar-refractivity contribution in [2.75, 3.05) is 7.11 Å². The van der Waals surface area contributed by atoms with Gasteiger partial charge in [0.05, 0.1) is 30.6 Å². The van der Waals surface area contributed by atoms with Crippen LogP contribution in [0.3, 0.4) is 0 Å². The summed E-state index contributed by atoms with van der Waals surface area (Å²) in [7, 11) is 1.64. The summed E-state index contributed by atoms with van der Waals surface area (Å²) in [6.07, 6.45) is 3.81. The molecule has 0 aliphatic rings. The third-order valence-corrected chi connectivity index (χ3v) is 6.16. The van der Waals surface area contributed by atoms with Gasteiger partial charge in [0.1, 0.15) is 28.2 Å². The number of aromatic nitrogens is 5. The van der Waals surface area contributed by atoms with Gasteiger partial charge in [0.2, 0.25) is 0 Å². The van der Waals surface area contributed by atoms with Gasteiger partial charge in [0, 0.05) is 6.54 Å². The van der Waals surface area contributed by atoms with Crippen LogP contribution < -0.4 is 10.3 Å². The number of methoxy groups -OCH3 is 1. The predicted octanol–water partition coefficient (Wildman–Crippen LogP) is 4.33. The first-order chi connectivity index (χ1) is 17.6. The number of nitrogens with zero attached hydrogens (tertiary/aromatic N) is 6. The van der Waals surface area contributed by atoms with Gasteiger partial charge in [-0.3, -0.25) is 9.36 Å². The fourth-order valence-corrected chi connectivity index (χ4v) is 4.30. The van der Waals surface area contributed by atoms with Gasteiger partial charge >= 0.3 is 0 Å². The van der Waals surface area contributed by atoms with E-state index in [0.717, 1.165) is 11.3 Å². The number of rotatable bonds is 6. The maximum absolute atomic E-state index is 13.8. The highest BCUT2D eigenvalue weighted by Gasteiger charge is 2.21. The van der Waals surface area contributed by atoms with E-state index < -0.39 is 0 Å².